The highest BCUT2D eigenvalue weighted by molar-refractivity contribution is 6.31. The van der Waals surface area contributed by atoms with Crippen molar-refractivity contribution < 1.29 is 19.6 Å². The van der Waals surface area contributed by atoms with Crippen molar-refractivity contribution in [3.8, 4) is 0 Å². The minimum atomic E-state index is -0.569. The molecule has 0 aliphatic carbocycles. The van der Waals surface area contributed by atoms with Crippen molar-refractivity contribution in [2.45, 2.75) is 25.7 Å². The van der Waals surface area contributed by atoms with Crippen molar-refractivity contribution >= 4 is 11.6 Å². The minimum absolute atomic E-state index is 0.147. The van der Waals surface area contributed by atoms with Crippen molar-refractivity contribution in [3.63, 3.8) is 0 Å². The molecule has 23 heavy (non-hydrogen) atoms. The van der Waals surface area contributed by atoms with Crippen LogP contribution >= 0.6 is 11.6 Å². The molecule has 0 radical (unpaired) electrons. The highest BCUT2D eigenvalue weighted by atomic mass is 35.5. The Morgan fingerprint density at radius 2 is 1.87 bits per heavy atom. The fraction of sp³-hybridized carbons (Fsp3) is 0.333. The van der Waals surface area contributed by atoms with Gasteiger partial charge in [-0.05, 0) is 30.7 Å². The van der Waals surface area contributed by atoms with Crippen LogP contribution in [-0.2, 0) is 11.3 Å². The average Bonchev–Trinajstić information content (AvgIpc) is 2.55. The first-order chi connectivity index (χ1) is 11.1. The lowest BCUT2D eigenvalue weighted by Crippen LogP contribution is -2.87. The zero-order valence-electron chi connectivity index (χ0n) is 13.1. The van der Waals surface area contributed by atoms with Crippen LogP contribution in [0.2, 0.25) is 5.02 Å². The largest absolute Gasteiger partial charge is 0.385 e. The van der Waals surface area contributed by atoms with Crippen LogP contribution in [0.4, 0.5) is 4.39 Å². The molecular formula is C18H22ClFNO2+. The summed E-state index contributed by atoms with van der Waals surface area (Å²) in [4.78, 5) is 0. The molecule has 5 heteroatoms. The Bertz CT molecular complexity index is 606. The van der Waals surface area contributed by atoms with Crippen molar-refractivity contribution in [1.82, 2.24) is 0 Å². The standard InChI is InChI=1S/C18H21ClFNO2/c1-13(14-6-8-16(20)9-7-14)21-10-17(22)12-23-11-15-4-2-3-5-18(15)19/h2-9,13,17,21-22H,10-12H2,1H3/p+1/t13-,17-/m0/s1. The number of aliphatic hydroxyl groups excluding tert-OH is 1. The third kappa shape index (κ3) is 5.92. The number of hydrogen-bond donors (Lipinski definition) is 2. The summed E-state index contributed by atoms with van der Waals surface area (Å²) in [5, 5.41) is 12.7. The molecule has 0 amide bonds. The van der Waals surface area contributed by atoms with Crippen molar-refractivity contribution in [1.29, 1.82) is 0 Å². The number of halogens is 2. The molecule has 0 aliphatic rings. The van der Waals surface area contributed by atoms with Gasteiger partial charge in [-0.15, -0.1) is 0 Å². The Kier molecular flexibility index (Phi) is 6.99. The highest BCUT2D eigenvalue weighted by Gasteiger charge is 2.13. The van der Waals surface area contributed by atoms with Gasteiger partial charge in [0.2, 0.25) is 0 Å². The Balaban J connectivity index is 1.69. The summed E-state index contributed by atoms with van der Waals surface area (Å²) < 4.78 is 18.4. The summed E-state index contributed by atoms with van der Waals surface area (Å²) in [5.74, 6) is -0.242. The van der Waals surface area contributed by atoms with Crippen LogP contribution < -0.4 is 5.32 Å². The van der Waals surface area contributed by atoms with E-state index in [0.29, 0.717) is 18.2 Å². The monoisotopic (exact) mass is 338 g/mol. The van der Waals surface area contributed by atoms with Crippen LogP contribution in [0.5, 0.6) is 0 Å². The first-order valence-electron chi connectivity index (χ1n) is 7.64. The van der Waals surface area contributed by atoms with Gasteiger partial charge in [-0.3, -0.25) is 0 Å². The molecular weight excluding hydrogens is 317 g/mol. The SMILES string of the molecule is C[C@H]([NH2+]C[C@H](O)COCc1ccccc1Cl)c1ccc(F)cc1. The molecule has 2 aromatic carbocycles. The molecule has 0 saturated heterocycles. The number of rotatable bonds is 8. The minimum Gasteiger partial charge on any atom is -0.385 e. The lowest BCUT2D eigenvalue weighted by atomic mass is 10.1. The first kappa shape index (κ1) is 17.9. The average molecular weight is 339 g/mol. The van der Waals surface area contributed by atoms with Gasteiger partial charge in [0, 0.05) is 10.6 Å². The molecule has 2 rings (SSSR count). The second-order valence-corrected chi connectivity index (χ2v) is 5.98. The molecule has 0 bridgehead atoms. The van der Waals surface area contributed by atoms with Crippen LogP contribution in [0.25, 0.3) is 0 Å². The molecule has 0 spiro atoms. The van der Waals surface area contributed by atoms with E-state index in [2.05, 4.69) is 0 Å². The van der Waals surface area contributed by atoms with Gasteiger partial charge >= 0.3 is 0 Å². The second kappa shape index (κ2) is 8.99. The Hall–Kier alpha value is -1.46. The van der Waals surface area contributed by atoms with Crippen molar-refractivity contribution in [2.24, 2.45) is 0 Å². The topological polar surface area (TPSA) is 46.1 Å². The van der Waals surface area contributed by atoms with E-state index < -0.39 is 6.10 Å². The molecule has 0 fully saturated rings. The summed E-state index contributed by atoms with van der Waals surface area (Å²) in [6.07, 6.45) is -0.569. The molecule has 0 saturated carbocycles. The lowest BCUT2D eigenvalue weighted by molar-refractivity contribution is -0.698. The smallest absolute Gasteiger partial charge is 0.126 e. The lowest BCUT2D eigenvalue weighted by Gasteiger charge is -2.15. The maximum atomic E-state index is 12.9. The van der Waals surface area contributed by atoms with Crippen LogP contribution in [-0.4, -0.2) is 24.4 Å². The Morgan fingerprint density at radius 3 is 2.57 bits per heavy atom. The fourth-order valence-electron chi connectivity index (χ4n) is 2.25. The van der Waals surface area contributed by atoms with Gasteiger partial charge in [-0.1, -0.05) is 41.9 Å². The predicted molar refractivity (Wildman–Crippen MR) is 88.7 cm³/mol. The third-order valence-corrected chi connectivity index (χ3v) is 4.05. The van der Waals surface area contributed by atoms with E-state index >= 15 is 0 Å². The van der Waals surface area contributed by atoms with E-state index in [1.807, 2.05) is 36.5 Å². The maximum absolute atomic E-state index is 12.9. The van der Waals surface area contributed by atoms with Crippen LogP contribution in [0.3, 0.4) is 0 Å². The molecule has 0 aromatic heterocycles. The van der Waals surface area contributed by atoms with E-state index in [0.717, 1.165) is 11.1 Å². The van der Waals surface area contributed by atoms with Gasteiger partial charge in [0.05, 0.1) is 13.2 Å². The van der Waals surface area contributed by atoms with E-state index in [-0.39, 0.29) is 18.5 Å². The highest BCUT2D eigenvalue weighted by Crippen LogP contribution is 2.15. The molecule has 124 valence electrons. The fourth-order valence-corrected chi connectivity index (χ4v) is 2.44. The number of ether oxygens (including phenoxy) is 1. The molecule has 2 atom stereocenters. The van der Waals surface area contributed by atoms with E-state index in [1.165, 1.54) is 12.1 Å². The number of hydrogen-bond acceptors (Lipinski definition) is 2. The van der Waals surface area contributed by atoms with Crippen LogP contribution in [0.15, 0.2) is 48.5 Å². The van der Waals surface area contributed by atoms with Crippen molar-refractivity contribution in [2.75, 3.05) is 13.2 Å². The van der Waals surface area contributed by atoms with Crippen LogP contribution in [0.1, 0.15) is 24.1 Å². The van der Waals surface area contributed by atoms with E-state index in [4.69, 9.17) is 16.3 Å². The summed E-state index contributed by atoms with van der Waals surface area (Å²) in [6.45, 7) is 3.16. The normalized spacial score (nSPS) is 13.7. The summed E-state index contributed by atoms with van der Waals surface area (Å²) in [6, 6.07) is 14.0. The Morgan fingerprint density at radius 1 is 1.17 bits per heavy atom. The summed E-state index contributed by atoms with van der Waals surface area (Å²) in [7, 11) is 0. The van der Waals surface area contributed by atoms with Gasteiger partial charge in [0.25, 0.3) is 0 Å². The van der Waals surface area contributed by atoms with Crippen molar-refractivity contribution in [3.05, 3.63) is 70.5 Å². The molecule has 3 nitrogen and oxygen atoms in total. The Labute approximate surface area is 141 Å². The quantitative estimate of drug-likeness (QED) is 0.777. The zero-order chi connectivity index (χ0) is 16.7. The van der Waals surface area contributed by atoms with Gasteiger partial charge in [0.15, 0.2) is 0 Å². The molecule has 3 N–H and O–H groups in total. The number of benzene rings is 2. The van der Waals surface area contributed by atoms with Gasteiger partial charge < -0.3 is 15.2 Å². The summed E-state index contributed by atoms with van der Waals surface area (Å²) in [5.41, 5.74) is 1.93. The second-order valence-electron chi connectivity index (χ2n) is 5.57. The number of aliphatic hydroxyl groups is 1. The molecule has 0 heterocycles. The predicted octanol–water partition coefficient (Wildman–Crippen LogP) is 2.68. The van der Waals surface area contributed by atoms with E-state index in [9.17, 15) is 9.50 Å². The number of quaternary nitrogens is 1. The number of nitrogens with two attached hydrogens (primary N) is 1. The maximum Gasteiger partial charge on any atom is 0.126 e. The van der Waals surface area contributed by atoms with Gasteiger partial charge in [-0.2, -0.15) is 0 Å². The zero-order valence-corrected chi connectivity index (χ0v) is 13.8. The van der Waals surface area contributed by atoms with Gasteiger partial charge in [-0.25, -0.2) is 4.39 Å². The summed E-state index contributed by atoms with van der Waals surface area (Å²) >= 11 is 6.05. The molecule has 0 unspecified atom stereocenters. The first-order valence-corrected chi connectivity index (χ1v) is 8.02. The van der Waals surface area contributed by atoms with Gasteiger partial charge in [0.1, 0.15) is 24.5 Å². The van der Waals surface area contributed by atoms with Crippen LogP contribution in [0, 0.1) is 5.82 Å². The van der Waals surface area contributed by atoms with E-state index in [1.54, 1.807) is 12.1 Å². The molecule has 2 aromatic rings. The third-order valence-electron chi connectivity index (χ3n) is 3.68. The molecule has 0 aliphatic heterocycles.